The lowest BCUT2D eigenvalue weighted by Gasteiger charge is -2.15. The van der Waals surface area contributed by atoms with Gasteiger partial charge in [-0.15, -0.1) is 0 Å². The lowest BCUT2D eigenvalue weighted by Crippen LogP contribution is -2.13. The minimum Gasteiger partial charge on any atom is -0.320 e. The predicted molar refractivity (Wildman–Crippen MR) is 77.0 cm³/mol. The van der Waals surface area contributed by atoms with Gasteiger partial charge in [-0.3, -0.25) is 9.97 Å². The number of benzene rings is 2. The third-order valence-electron chi connectivity index (χ3n) is 3.11. The first-order chi connectivity index (χ1) is 9.27. The van der Waals surface area contributed by atoms with Crippen molar-refractivity contribution >= 4 is 22.6 Å². The summed E-state index contributed by atoms with van der Waals surface area (Å²) in [6, 6.07) is 13.1. The normalized spacial score (nSPS) is 12.5. The zero-order valence-electron chi connectivity index (χ0n) is 10.1. The van der Waals surface area contributed by atoms with Gasteiger partial charge in [-0.1, -0.05) is 41.9 Å². The van der Waals surface area contributed by atoms with Gasteiger partial charge in [-0.05, 0) is 17.7 Å². The van der Waals surface area contributed by atoms with Gasteiger partial charge in [0, 0.05) is 23.0 Å². The van der Waals surface area contributed by atoms with Crippen LogP contribution in [0.1, 0.15) is 17.2 Å². The molecule has 0 aliphatic rings. The van der Waals surface area contributed by atoms with E-state index in [-0.39, 0.29) is 6.04 Å². The Balaban J connectivity index is 2.17. The van der Waals surface area contributed by atoms with Crippen LogP contribution in [0.3, 0.4) is 0 Å². The van der Waals surface area contributed by atoms with E-state index in [0.29, 0.717) is 5.02 Å². The zero-order chi connectivity index (χ0) is 13.2. The predicted octanol–water partition coefficient (Wildman–Crippen LogP) is 3.33. The summed E-state index contributed by atoms with van der Waals surface area (Å²) >= 11 is 6.20. The van der Waals surface area contributed by atoms with Crippen molar-refractivity contribution in [2.24, 2.45) is 5.73 Å². The maximum absolute atomic E-state index is 6.33. The van der Waals surface area contributed by atoms with Crippen LogP contribution in [0.2, 0.25) is 5.02 Å². The van der Waals surface area contributed by atoms with E-state index in [1.54, 1.807) is 12.4 Å². The monoisotopic (exact) mass is 269 g/mol. The molecule has 0 spiro atoms. The van der Waals surface area contributed by atoms with Gasteiger partial charge in [0.05, 0.1) is 17.1 Å². The molecule has 1 unspecified atom stereocenters. The van der Waals surface area contributed by atoms with Crippen molar-refractivity contribution in [2.75, 3.05) is 0 Å². The maximum Gasteiger partial charge on any atom is 0.0937 e. The molecule has 0 saturated carbocycles. The van der Waals surface area contributed by atoms with E-state index in [0.717, 1.165) is 22.2 Å². The maximum atomic E-state index is 6.33. The van der Waals surface area contributed by atoms with Gasteiger partial charge in [0.1, 0.15) is 0 Å². The number of para-hydroxylation sites is 1. The third kappa shape index (κ3) is 2.18. The molecule has 3 nitrogen and oxygen atoms in total. The lowest BCUT2D eigenvalue weighted by molar-refractivity contribution is 0.877. The van der Waals surface area contributed by atoms with Gasteiger partial charge in [0.2, 0.25) is 0 Å². The standard InChI is InChI=1S/C15H12ClN3/c16-12-6-2-1-4-10(12)14(17)11-5-3-7-13-15(11)19-9-8-18-13/h1-9,14H,17H2. The molecule has 3 rings (SSSR count). The molecule has 2 aromatic carbocycles. The Morgan fingerprint density at radius 2 is 1.63 bits per heavy atom. The summed E-state index contributed by atoms with van der Waals surface area (Å²) in [4.78, 5) is 8.66. The van der Waals surface area contributed by atoms with E-state index in [2.05, 4.69) is 9.97 Å². The molecule has 1 atom stereocenters. The first kappa shape index (κ1) is 12.1. The van der Waals surface area contributed by atoms with Crippen LogP contribution in [-0.4, -0.2) is 9.97 Å². The summed E-state index contributed by atoms with van der Waals surface area (Å²) in [6.45, 7) is 0. The van der Waals surface area contributed by atoms with Gasteiger partial charge >= 0.3 is 0 Å². The minimum absolute atomic E-state index is 0.311. The van der Waals surface area contributed by atoms with E-state index in [9.17, 15) is 0 Å². The van der Waals surface area contributed by atoms with Gasteiger partial charge in [-0.2, -0.15) is 0 Å². The molecule has 0 aliphatic carbocycles. The van der Waals surface area contributed by atoms with Gasteiger partial charge < -0.3 is 5.73 Å². The average Bonchev–Trinajstić information content (AvgIpc) is 2.46. The van der Waals surface area contributed by atoms with Crippen LogP contribution < -0.4 is 5.73 Å². The van der Waals surface area contributed by atoms with Crippen LogP contribution in [0.5, 0.6) is 0 Å². The summed E-state index contributed by atoms with van der Waals surface area (Å²) in [5.41, 5.74) is 9.80. The Morgan fingerprint density at radius 3 is 2.47 bits per heavy atom. The molecule has 3 aromatic rings. The van der Waals surface area contributed by atoms with Crippen molar-refractivity contribution in [3.05, 3.63) is 71.0 Å². The number of rotatable bonds is 2. The molecule has 0 aliphatic heterocycles. The number of hydrogen-bond acceptors (Lipinski definition) is 3. The molecule has 4 heteroatoms. The van der Waals surface area contributed by atoms with Crippen molar-refractivity contribution in [3.8, 4) is 0 Å². The van der Waals surface area contributed by atoms with Gasteiger partial charge in [0.25, 0.3) is 0 Å². The fraction of sp³-hybridized carbons (Fsp3) is 0.0667. The Bertz CT molecular complexity index is 722. The Labute approximate surface area is 116 Å². The SMILES string of the molecule is NC(c1ccccc1Cl)c1cccc2nccnc12. The first-order valence-corrected chi connectivity index (χ1v) is 6.35. The number of hydrogen-bond donors (Lipinski definition) is 1. The van der Waals surface area contributed by atoms with Crippen LogP contribution in [-0.2, 0) is 0 Å². The first-order valence-electron chi connectivity index (χ1n) is 5.97. The second-order valence-corrected chi connectivity index (χ2v) is 4.68. The molecule has 0 radical (unpaired) electrons. The quantitative estimate of drug-likeness (QED) is 0.776. The fourth-order valence-electron chi connectivity index (χ4n) is 2.16. The largest absolute Gasteiger partial charge is 0.320 e. The third-order valence-corrected chi connectivity index (χ3v) is 3.45. The lowest BCUT2D eigenvalue weighted by atomic mass is 9.98. The van der Waals surface area contributed by atoms with Crippen molar-refractivity contribution in [1.82, 2.24) is 9.97 Å². The average molecular weight is 270 g/mol. The molecule has 1 heterocycles. The van der Waals surface area contributed by atoms with Crippen LogP contribution in [0, 0.1) is 0 Å². The number of aromatic nitrogens is 2. The molecular weight excluding hydrogens is 258 g/mol. The number of fused-ring (bicyclic) bond motifs is 1. The number of nitrogens with zero attached hydrogens (tertiary/aromatic N) is 2. The Hall–Kier alpha value is -1.97. The summed E-state index contributed by atoms with van der Waals surface area (Å²) in [5.74, 6) is 0. The highest BCUT2D eigenvalue weighted by Gasteiger charge is 2.15. The van der Waals surface area contributed by atoms with E-state index in [1.807, 2.05) is 42.5 Å². The molecule has 1 aromatic heterocycles. The fourth-order valence-corrected chi connectivity index (χ4v) is 2.41. The van der Waals surface area contributed by atoms with E-state index >= 15 is 0 Å². The number of nitrogens with two attached hydrogens (primary N) is 1. The molecule has 0 fully saturated rings. The highest BCUT2D eigenvalue weighted by Crippen LogP contribution is 2.29. The topological polar surface area (TPSA) is 51.8 Å². The van der Waals surface area contributed by atoms with Crippen LogP contribution in [0.25, 0.3) is 11.0 Å². The smallest absolute Gasteiger partial charge is 0.0937 e. The van der Waals surface area contributed by atoms with Gasteiger partial charge in [0.15, 0.2) is 0 Å². The van der Waals surface area contributed by atoms with E-state index in [4.69, 9.17) is 17.3 Å². The molecule has 2 N–H and O–H groups in total. The van der Waals surface area contributed by atoms with Crippen LogP contribution in [0.4, 0.5) is 0 Å². The van der Waals surface area contributed by atoms with E-state index in [1.165, 1.54) is 0 Å². The second-order valence-electron chi connectivity index (χ2n) is 4.27. The molecule has 0 bridgehead atoms. The highest BCUT2D eigenvalue weighted by atomic mass is 35.5. The second kappa shape index (κ2) is 4.96. The molecule has 19 heavy (non-hydrogen) atoms. The highest BCUT2D eigenvalue weighted by molar-refractivity contribution is 6.31. The van der Waals surface area contributed by atoms with Crippen LogP contribution in [0.15, 0.2) is 54.9 Å². The minimum atomic E-state index is -0.311. The van der Waals surface area contributed by atoms with E-state index < -0.39 is 0 Å². The van der Waals surface area contributed by atoms with Crippen molar-refractivity contribution in [3.63, 3.8) is 0 Å². The van der Waals surface area contributed by atoms with Crippen LogP contribution >= 0.6 is 11.6 Å². The summed E-state index contributed by atoms with van der Waals surface area (Å²) < 4.78 is 0. The van der Waals surface area contributed by atoms with Gasteiger partial charge in [-0.25, -0.2) is 0 Å². The number of halogens is 1. The molecule has 0 amide bonds. The summed E-state index contributed by atoms with van der Waals surface area (Å²) in [6.07, 6.45) is 3.35. The molecule has 0 saturated heterocycles. The zero-order valence-corrected chi connectivity index (χ0v) is 10.9. The Morgan fingerprint density at radius 1 is 0.895 bits per heavy atom. The van der Waals surface area contributed by atoms with Crippen molar-refractivity contribution in [1.29, 1.82) is 0 Å². The molecular formula is C15H12ClN3. The summed E-state index contributed by atoms with van der Waals surface area (Å²) in [7, 11) is 0. The van der Waals surface area contributed by atoms with Crippen molar-refractivity contribution in [2.45, 2.75) is 6.04 Å². The Kier molecular flexibility index (Phi) is 3.15. The van der Waals surface area contributed by atoms with Crippen molar-refractivity contribution < 1.29 is 0 Å². The molecule has 94 valence electrons. The summed E-state index contributed by atoms with van der Waals surface area (Å²) in [5, 5.41) is 0.663.